The van der Waals surface area contributed by atoms with E-state index in [2.05, 4.69) is 15.8 Å². The Morgan fingerprint density at radius 2 is 1.90 bits per heavy atom. The summed E-state index contributed by atoms with van der Waals surface area (Å²) in [6, 6.07) is 16.1. The van der Waals surface area contributed by atoms with Gasteiger partial charge in [-0.2, -0.15) is 0 Å². The third kappa shape index (κ3) is 5.69. The topological polar surface area (TPSA) is 94.2 Å². The van der Waals surface area contributed by atoms with Crippen LogP contribution in [0, 0.1) is 11.2 Å². The molecule has 0 spiro atoms. The van der Waals surface area contributed by atoms with Gasteiger partial charge in [0.25, 0.3) is 0 Å². The molecule has 0 radical (unpaired) electrons. The van der Waals surface area contributed by atoms with E-state index in [1.54, 1.807) is 32.3 Å². The van der Waals surface area contributed by atoms with Crippen molar-refractivity contribution in [2.45, 2.75) is 19.3 Å². The van der Waals surface area contributed by atoms with Crippen LogP contribution >= 0.6 is 0 Å². The summed E-state index contributed by atoms with van der Waals surface area (Å²) in [4.78, 5) is 13.1. The maximum Gasteiger partial charge on any atom is 0.231 e. The first kappa shape index (κ1) is 22.0. The number of carbonyl (C=O) groups excluding carboxylic acids is 1. The number of hydrogen-bond donors (Lipinski definition) is 3. The van der Waals surface area contributed by atoms with Crippen molar-refractivity contribution in [1.82, 2.24) is 15.4 Å². The number of benzene rings is 2. The number of hydrogen-bond acceptors (Lipinski definition) is 4. The van der Waals surface area contributed by atoms with Gasteiger partial charge in [-0.15, -0.1) is 0 Å². The lowest BCUT2D eigenvalue weighted by Gasteiger charge is -2.11. The number of halogens is 1. The van der Waals surface area contributed by atoms with Gasteiger partial charge in [-0.3, -0.25) is 15.5 Å². The van der Waals surface area contributed by atoms with Crippen molar-refractivity contribution >= 4 is 17.8 Å². The molecule has 1 aromatic heterocycles. The minimum atomic E-state index is -0.252. The molecule has 0 bridgehead atoms. The fourth-order valence-corrected chi connectivity index (χ4v) is 3.05. The van der Waals surface area contributed by atoms with E-state index in [0.29, 0.717) is 30.1 Å². The van der Waals surface area contributed by atoms with Crippen LogP contribution in [-0.2, 0) is 4.79 Å². The van der Waals surface area contributed by atoms with Gasteiger partial charge >= 0.3 is 0 Å². The van der Waals surface area contributed by atoms with Crippen molar-refractivity contribution in [3.8, 4) is 11.1 Å². The zero-order valence-electron chi connectivity index (χ0n) is 17.8. The molecule has 3 N–H and O–H groups in total. The average Bonchev–Trinajstić information content (AvgIpc) is 3.22. The number of rotatable bonds is 7. The molecule has 8 heteroatoms. The van der Waals surface area contributed by atoms with E-state index in [1.807, 2.05) is 37.3 Å². The third-order valence-corrected chi connectivity index (χ3v) is 4.96. The highest BCUT2D eigenvalue weighted by atomic mass is 19.1. The summed E-state index contributed by atoms with van der Waals surface area (Å²) in [5, 5.41) is 17.6. The summed E-state index contributed by atoms with van der Waals surface area (Å²) in [6.45, 7) is 2.34. The van der Waals surface area contributed by atoms with Gasteiger partial charge in [0.2, 0.25) is 11.8 Å². The van der Waals surface area contributed by atoms with E-state index in [9.17, 15) is 9.18 Å². The first-order chi connectivity index (χ1) is 14.8. The number of guanidine groups is 1. The van der Waals surface area contributed by atoms with Crippen molar-refractivity contribution < 1.29 is 13.7 Å². The Morgan fingerprint density at radius 3 is 2.58 bits per heavy atom. The van der Waals surface area contributed by atoms with Crippen molar-refractivity contribution in [3.05, 3.63) is 71.7 Å². The summed E-state index contributed by atoms with van der Waals surface area (Å²) in [6.07, 6.45) is 0.290. The molecular formula is C23H26FN5O2. The van der Waals surface area contributed by atoms with Gasteiger partial charge in [0.15, 0.2) is 5.96 Å². The second-order valence-electron chi connectivity index (χ2n) is 7.40. The minimum Gasteiger partial charge on any atom is -0.356 e. The molecule has 31 heavy (non-hydrogen) atoms. The van der Waals surface area contributed by atoms with Crippen LogP contribution in [0.5, 0.6) is 0 Å². The fourth-order valence-electron chi connectivity index (χ4n) is 3.05. The van der Waals surface area contributed by atoms with E-state index in [-0.39, 0.29) is 23.6 Å². The first-order valence-corrected chi connectivity index (χ1v) is 9.96. The Hall–Kier alpha value is -3.68. The maximum atomic E-state index is 14.0. The van der Waals surface area contributed by atoms with Crippen LogP contribution in [0.4, 0.5) is 10.3 Å². The van der Waals surface area contributed by atoms with Gasteiger partial charge in [0.1, 0.15) is 5.82 Å². The highest BCUT2D eigenvalue weighted by molar-refractivity contribution is 5.90. The molecule has 1 atom stereocenters. The predicted molar refractivity (Wildman–Crippen MR) is 119 cm³/mol. The molecule has 3 rings (SSSR count). The molecule has 7 nitrogen and oxygen atoms in total. The standard InChI is InChI=1S/C23H26FN5O2/c1-15(16-8-10-17(11-9-16)18-6-4-5-7-19(18)24)20-14-21(31-28-20)27-23(25)26-13-12-22(30)29(2)3/h4-11,14-15H,12-13H2,1-3H3,(H3,25,26,27). The zero-order chi connectivity index (χ0) is 22.4. The summed E-state index contributed by atoms with van der Waals surface area (Å²) in [5.74, 6) is 0.0426. The number of anilines is 1. The molecule has 1 unspecified atom stereocenters. The van der Waals surface area contributed by atoms with Crippen LogP contribution in [0.25, 0.3) is 11.1 Å². The lowest BCUT2D eigenvalue weighted by Crippen LogP contribution is -2.33. The van der Waals surface area contributed by atoms with Gasteiger partial charge in [0.05, 0.1) is 5.69 Å². The molecule has 1 amide bonds. The van der Waals surface area contributed by atoms with Gasteiger partial charge < -0.3 is 14.7 Å². The van der Waals surface area contributed by atoms with Gasteiger partial charge in [0, 0.05) is 44.6 Å². The monoisotopic (exact) mass is 423 g/mol. The van der Waals surface area contributed by atoms with Crippen LogP contribution < -0.4 is 10.6 Å². The molecule has 0 saturated heterocycles. The summed E-state index contributed by atoms with van der Waals surface area (Å²) in [7, 11) is 3.38. The van der Waals surface area contributed by atoms with Crippen molar-refractivity contribution in [3.63, 3.8) is 0 Å². The van der Waals surface area contributed by atoms with Crippen molar-refractivity contribution in [1.29, 1.82) is 5.41 Å². The number of amides is 1. The average molecular weight is 423 g/mol. The van der Waals surface area contributed by atoms with Crippen LogP contribution in [-0.4, -0.2) is 42.6 Å². The summed E-state index contributed by atoms with van der Waals surface area (Å²) < 4.78 is 19.3. The quantitative estimate of drug-likeness (QED) is 0.394. The number of aromatic nitrogens is 1. The Balaban J connectivity index is 1.58. The van der Waals surface area contributed by atoms with E-state index in [0.717, 1.165) is 11.1 Å². The lowest BCUT2D eigenvalue weighted by molar-refractivity contribution is -0.128. The smallest absolute Gasteiger partial charge is 0.231 e. The largest absolute Gasteiger partial charge is 0.356 e. The zero-order valence-corrected chi connectivity index (χ0v) is 17.8. The van der Waals surface area contributed by atoms with Crippen LogP contribution in [0.15, 0.2) is 59.1 Å². The molecule has 0 aliphatic heterocycles. The molecule has 2 aromatic carbocycles. The molecule has 3 aromatic rings. The second kappa shape index (κ2) is 9.88. The predicted octanol–water partition coefficient (Wildman–Crippen LogP) is 4.05. The molecule has 0 aliphatic carbocycles. The number of nitrogens with zero attached hydrogens (tertiary/aromatic N) is 2. The van der Waals surface area contributed by atoms with Crippen LogP contribution in [0.2, 0.25) is 0 Å². The molecule has 1 heterocycles. The molecule has 162 valence electrons. The molecule has 0 fully saturated rings. The molecular weight excluding hydrogens is 397 g/mol. The van der Waals surface area contributed by atoms with E-state index in [4.69, 9.17) is 9.93 Å². The molecule has 0 saturated carbocycles. The van der Waals surface area contributed by atoms with Crippen LogP contribution in [0.3, 0.4) is 0 Å². The highest BCUT2D eigenvalue weighted by Gasteiger charge is 2.15. The van der Waals surface area contributed by atoms with Gasteiger partial charge in [-0.05, 0) is 17.2 Å². The Bertz CT molecular complexity index is 1050. The van der Waals surface area contributed by atoms with Crippen molar-refractivity contribution in [2.75, 3.05) is 26.0 Å². The number of carbonyl (C=O) groups is 1. The first-order valence-electron chi connectivity index (χ1n) is 9.96. The maximum absolute atomic E-state index is 14.0. The SMILES string of the molecule is CC(c1ccc(-c2ccccc2F)cc1)c1cc(NC(=N)NCCC(=O)N(C)C)on1. The molecule has 0 aliphatic rings. The highest BCUT2D eigenvalue weighted by Crippen LogP contribution is 2.28. The van der Waals surface area contributed by atoms with Gasteiger partial charge in [-0.1, -0.05) is 54.5 Å². The van der Waals surface area contributed by atoms with Gasteiger partial charge in [-0.25, -0.2) is 4.39 Å². The Morgan fingerprint density at radius 1 is 1.19 bits per heavy atom. The summed E-state index contributed by atoms with van der Waals surface area (Å²) >= 11 is 0. The van der Waals surface area contributed by atoms with Crippen molar-refractivity contribution in [2.24, 2.45) is 0 Å². The Labute approximate surface area is 180 Å². The Kier molecular flexibility index (Phi) is 7.02. The van der Waals surface area contributed by atoms with Crippen LogP contribution in [0.1, 0.15) is 30.5 Å². The summed E-state index contributed by atoms with van der Waals surface area (Å²) in [5.41, 5.74) is 3.09. The third-order valence-electron chi connectivity index (χ3n) is 4.96. The minimum absolute atomic E-state index is 0.0166. The van der Waals surface area contributed by atoms with E-state index in [1.165, 1.54) is 11.0 Å². The van der Waals surface area contributed by atoms with E-state index >= 15 is 0 Å². The normalized spacial score (nSPS) is 11.6. The van der Waals surface area contributed by atoms with E-state index < -0.39 is 0 Å². The number of nitrogens with one attached hydrogen (secondary N) is 3. The second-order valence-corrected chi connectivity index (χ2v) is 7.40. The fraction of sp³-hybridized carbons (Fsp3) is 0.261. The lowest BCUT2D eigenvalue weighted by atomic mass is 9.95.